The number of pyridine rings is 1. The van der Waals surface area contributed by atoms with Gasteiger partial charge in [0.25, 0.3) is 5.91 Å². The van der Waals surface area contributed by atoms with E-state index < -0.39 is 0 Å². The zero-order chi connectivity index (χ0) is 19.9. The van der Waals surface area contributed by atoms with Gasteiger partial charge < -0.3 is 14.4 Å². The van der Waals surface area contributed by atoms with Crippen LogP contribution in [0.5, 0.6) is 5.75 Å². The lowest BCUT2D eigenvalue weighted by Crippen LogP contribution is -2.37. The molecule has 0 N–H and O–H groups in total. The third-order valence-corrected chi connectivity index (χ3v) is 5.59. The van der Waals surface area contributed by atoms with Gasteiger partial charge in [-0.05, 0) is 56.1 Å². The van der Waals surface area contributed by atoms with E-state index in [4.69, 9.17) is 9.47 Å². The molecule has 1 aromatic carbocycles. The lowest BCUT2D eigenvalue weighted by atomic mass is 10.2. The summed E-state index contributed by atoms with van der Waals surface area (Å²) in [5.74, 6) is 0.854. The summed E-state index contributed by atoms with van der Waals surface area (Å²) in [6.07, 6.45) is 7.24. The van der Waals surface area contributed by atoms with Gasteiger partial charge in [-0.15, -0.1) is 0 Å². The summed E-state index contributed by atoms with van der Waals surface area (Å²) < 4.78 is 11.5. The van der Waals surface area contributed by atoms with Gasteiger partial charge in [0.1, 0.15) is 12.4 Å². The Kier molecular flexibility index (Phi) is 6.75. The number of ether oxygens (including phenoxy) is 2. The van der Waals surface area contributed by atoms with Crippen molar-refractivity contribution in [1.29, 1.82) is 0 Å². The number of rotatable bonds is 6. The lowest BCUT2D eigenvalue weighted by molar-refractivity contribution is 0.0704. The van der Waals surface area contributed by atoms with E-state index in [-0.39, 0.29) is 5.91 Å². The van der Waals surface area contributed by atoms with E-state index in [2.05, 4.69) is 9.88 Å². The molecular weight excluding hydrogens is 366 g/mol. The predicted molar refractivity (Wildman–Crippen MR) is 111 cm³/mol. The Hall–Kier alpha value is -2.44. The number of aromatic nitrogens is 1. The van der Waals surface area contributed by atoms with Crippen molar-refractivity contribution in [3.63, 3.8) is 0 Å². The number of carbonyl (C=O) groups is 1. The fourth-order valence-electron chi connectivity index (χ4n) is 3.96. The van der Waals surface area contributed by atoms with Crippen molar-refractivity contribution in [2.24, 2.45) is 0 Å². The maximum absolute atomic E-state index is 12.9. The smallest absolute Gasteiger partial charge is 0.253 e. The van der Waals surface area contributed by atoms with Crippen molar-refractivity contribution < 1.29 is 14.3 Å². The van der Waals surface area contributed by atoms with Crippen molar-refractivity contribution in [2.45, 2.75) is 32.0 Å². The summed E-state index contributed by atoms with van der Waals surface area (Å²) in [6, 6.07) is 11.3. The molecule has 0 spiro atoms. The van der Waals surface area contributed by atoms with Gasteiger partial charge in [0.15, 0.2) is 0 Å². The zero-order valence-corrected chi connectivity index (χ0v) is 16.8. The minimum absolute atomic E-state index is 0.0998. The topological polar surface area (TPSA) is 54.9 Å². The molecule has 2 aromatic rings. The van der Waals surface area contributed by atoms with Crippen LogP contribution in [0.3, 0.4) is 0 Å². The van der Waals surface area contributed by atoms with Gasteiger partial charge in [0.2, 0.25) is 0 Å². The largest absolute Gasteiger partial charge is 0.489 e. The van der Waals surface area contributed by atoms with Crippen LogP contribution in [0.25, 0.3) is 0 Å². The molecule has 6 heteroatoms. The molecule has 2 fully saturated rings. The van der Waals surface area contributed by atoms with Gasteiger partial charge in [-0.1, -0.05) is 6.07 Å². The molecule has 2 saturated heterocycles. The van der Waals surface area contributed by atoms with E-state index in [1.807, 2.05) is 41.3 Å². The number of amides is 1. The van der Waals surface area contributed by atoms with Gasteiger partial charge >= 0.3 is 0 Å². The van der Waals surface area contributed by atoms with Crippen LogP contribution in [0.4, 0.5) is 0 Å². The normalized spacial score (nSPS) is 20.4. The number of hydrogen-bond acceptors (Lipinski definition) is 5. The molecule has 1 atom stereocenters. The van der Waals surface area contributed by atoms with E-state index in [9.17, 15) is 4.79 Å². The Morgan fingerprint density at radius 3 is 2.76 bits per heavy atom. The van der Waals surface area contributed by atoms with E-state index in [0.717, 1.165) is 63.5 Å². The highest BCUT2D eigenvalue weighted by Crippen LogP contribution is 2.18. The molecule has 0 saturated carbocycles. The predicted octanol–water partition coefficient (Wildman–Crippen LogP) is 2.99. The minimum Gasteiger partial charge on any atom is -0.489 e. The van der Waals surface area contributed by atoms with Gasteiger partial charge in [-0.25, -0.2) is 0 Å². The molecule has 2 aliphatic rings. The van der Waals surface area contributed by atoms with Gasteiger partial charge in [-0.3, -0.25) is 14.7 Å². The second kappa shape index (κ2) is 9.85. The molecule has 4 rings (SSSR count). The minimum atomic E-state index is 0.0998. The van der Waals surface area contributed by atoms with E-state index in [0.29, 0.717) is 18.3 Å². The Labute approximate surface area is 172 Å². The lowest BCUT2D eigenvalue weighted by Gasteiger charge is -2.24. The quantitative estimate of drug-likeness (QED) is 0.753. The maximum Gasteiger partial charge on any atom is 0.253 e. The van der Waals surface area contributed by atoms with E-state index >= 15 is 0 Å². The Morgan fingerprint density at radius 2 is 2.00 bits per heavy atom. The second-order valence-corrected chi connectivity index (χ2v) is 7.76. The first kappa shape index (κ1) is 19.9. The third-order valence-electron chi connectivity index (χ3n) is 5.59. The molecule has 6 nitrogen and oxygen atoms in total. The number of nitrogens with zero attached hydrogens (tertiary/aromatic N) is 3. The van der Waals surface area contributed by atoms with Crippen LogP contribution in [-0.4, -0.2) is 66.1 Å². The summed E-state index contributed by atoms with van der Waals surface area (Å²) in [6.45, 7) is 5.87. The molecule has 1 aromatic heterocycles. The Bertz CT molecular complexity index is 776. The van der Waals surface area contributed by atoms with Gasteiger partial charge in [0, 0.05) is 56.3 Å². The first-order valence-electron chi connectivity index (χ1n) is 10.5. The number of carbonyl (C=O) groups excluding carboxylic acids is 1. The van der Waals surface area contributed by atoms with E-state index in [1.54, 1.807) is 12.4 Å². The van der Waals surface area contributed by atoms with Crippen LogP contribution < -0.4 is 4.74 Å². The van der Waals surface area contributed by atoms with Crippen molar-refractivity contribution in [3.05, 3.63) is 59.9 Å². The average molecular weight is 396 g/mol. The highest BCUT2D eigenvalue weighted by atomic mass is 16.5. The molecule has 3 heterocycles. The molecule has 0 bridgehead atoms. The number of benzene rings is 1. The van der Waals surface area contributed by atoms with Gasteiger partial charge in [-0.2, -0.15) is 0 Å². The van der Waals surface area contributed by atoms with Crippen molar-refractivity contribution in [2.75, 3.05) is 39.3 Å². The van der Waals surface area contributed by atoms with Crippen LogP contribution in [0, 0.1) is 0 Å². The molecule has 154 valence electrons. The average Bonchev–Trinajstić information content (AvgIpc) is 3.17. The highest BCUT2D eigenvalue weighted by molar-refractivity contribution is 5.94. The van der Waals surface area contributed by atoms with Crippen LogP contribution in [0.2, 0.25) is 0 Å². The summed E-state index contributed by atoms with van der Waals surface area (Å²) in [5.41, 5.74) is 1.73. The molecule has 0 unspecified atom stereocenters. The first-order chi connectivity index (χ1) is 14.3. The van der Waals surface area contributed by atoms with Crippen LogP contribution >= 0.6 is 0 Å². The van der Waals surface area contributed by atoms with Gasteiger partial charge in [0.05, 0.1) is 6.10 Å². The SMILES string of the molecule is O=C(c1ccc(OCc2cccnc2)cc1)N1CCCN(C[C@@H]2CCCO2)CC1. The number of hydrogen-bond donors (Lipinski definition) is 0. The van der Waals surface area contributed by atoms with Crippen LogP contribution in [0.15, 0.2) is 48.8 Å². The Morgan fingerprint density at radius 1 is 1.10 bits per heavy atom. The van der Waals surface area contributed by atoms with E-state index in [1.165, 1.54) is 6.42 Å². The fraction of sp³-hybridized carbons (Fsp3) is 0.478. The second-order valence-electron chi connectivity index (χ2n) is 7.76. The van der Waals surface area contributed by atoms with Crippen LogP contribution in [-0.2, 0) is 11.3 Å². The monoisotopic (exact) mass is 395 g/mol. The maximum atomic E-state index is 12.9. The Balaban J connectivity index is 1.28. The summed E-state index contributed by atoms with van der Waals surface area (Å²) in [4.78, 5) is 21.4. The molecule has 0 aliphatic carbocycles. The van der Waals surface area contributed by atoms with Crippen LogP contribution in [0.1, 0.15) is 35.2 Å². The summed E-state index contributed by atoms with van der Waals surface area (Å²) in [7, 11) is 0. The highest BCUT2D eigenvalue weighted by Gasteiger charge is 2.23. The standard InChI is InChI=1S/C23H29N3O3/c27-23(26-12-3-11-25(13-14-26)17-22-5-2-15-28-22)20-6-8-21(9-7-20)29-18-19-4-1-10-24-16-19/h1,4,6-10,16,22H,2-3,5,11-15,17-18H2/t22-/m0/s1. The molecule has 29 heavy (non-hydrogen) atoms. The molecule has 1 amide bonds. The fourth-order valence-corrected chi connectivity index (χ4v) is 3.96. The molecule has 2 aliphatic heterocycles. The molecular formula is C23H29N3O3. The van der Waals surface area contributed by atoms with Crippen molar-refractivity contribution in [3.8, 4) is 5.75 Å². The third kappa shape index (κ3) is 5.55. The summed E-state index contributed by atoms with van der Waals surface area (Å²) >= 11 is 0. The molecule has 0 radical (unpaired) electrons. The first-order valence-corrected chi connectivity index (χ1v) is 10.5. The van der Waals surface area contributed by atoms with Crippen molar-refractivity contribution in [1.82, 2.24) is 14.8 Å². The van der Waals surface area contributed by atoms with Crippen molar-refractivity contribution >= 4 is 5.91 Å². The zero-order valence-electron chi connectivity index (χ0n) is 16.8. The summed E-state index contributed by atoms with van der Waals surface area (Å²) in [5, 5.41) is 0.